The van der Waals surface area contributed by atoms with Gasteiger partial charge in [0, 0.05) is 68.8 Å². The smallest absolute Gasteiger partial charge is 0.165 e. The number of nitrogens with zero attached hydrogens (tertiary/aromatic N) is 5. The minimum atomic E-state index is 0.582. The fourth-order valence-electron chi connectivity index (χ4n) is 7.92. The molecule has 7 aromatic carbocycles. The number of benzene rings is 7. The summed E-state index contributed by atoms with van der Waals surface area (Å²) in [5, 5.41) is 5.51. The quantitative estimate of drug-likeness (QED) is 0.174. The molecule has 0 aliphatic carbocycles. The molecule has 266 valence electrons. The van der Waals surface area contributed by atoms with Crippen LogP contribution in [0.25, 0.3) is 119 Å². The molecule has 6 nitrogen and oxygen atoms in total. The van der Waals surface area contributed by atoms with E-state index in [2.05, 4.69) is 103 Å². The molecule has 0 saturated heterocycles. The lowest BCUT2D eigenvalue weighted by Crippen LogP contribution is -2.00. The van der Waals surface area contributed by atoms with Crippen LogP contribution < -0.4 is 0 Å². The monoisotopic (exact) mass is 765 g/mol. The summed E-state index contributed by atoms with van der Waals surface area (Å²) in [6.45, 7) is 0. The lowest BCUT2D eigenvalue weighted by Gasteiger charge is -2.10. The van der Waals surface area contributed by atoms with Gasteiger partial charge in [-0.25, -0.2) is 24.9 Å². The lowest BCUT2D eigenvalue weighted by molar-refractivity contribution is 0.669. The molecule has 0 atom stereocenters. The van der Waals surface area contributed by atoms with Crippen molar-refractivity contribution < 1.29 is 4.42 Å². The van der Waals surface area contributed by atoms with Crippen LogP contribution in [-0.2, 0) is 0 Å². The zero-order chi connectivity index (χ0) is 37.5. The third-order valence-corrected chi connectivity index (χ3v) is 12.9. The Morgan fingerprint density at radius 3 is 1.84 bits per heavy atom. The number of thiophene rings is 2. The van der Waals surface area contributed by atoms with E-state index in [9.17, 15) is 0 Å². The maximum atomic E-state index is 6.28. The van der Waals surface area contributed by atoms with E-state index < -0.39 is 0 Å². The van der Waals surface area contributed by atoms with E-state index in [4.69, 9.17) is 29.3 Å². The van der Waals surface area contributed by atoms with Crippen LogP contribution in [0.1, 0.15) is 0 Å². The fourth-order valence-corrected chi connectivity index (χ4v) is 10.3. The van der Waals surface area contributed by atoms with Crippen LogP contribution in [0.3, 0.4) is 0 Å². The van der Waals surface area contributed by atoms with Gasteiger partial charge in [0.05, 0.1) is 15.9 Å². The van der Waals surface area contributed by atoms with Gasteiger partial charge in [0.25, 0.3) is 0 Å². The molecule has 0 aliphatic rings. The van der Waals surface area contributed by atoms with Crippen LogP contribution in [-0.4, -0.2) is 24.9 Å². The molecule has 12 rings (SSSR count). The molecule has 0 fully saturated rings. The molecule has 0 N–H and O–H groups in total. The minimum Gasteiger partial charge on any atom is -0.456 e. The van der Waals surface area contributed by atoms with Gasteiger partial charge in [0.1, 0.15) is 11.2 Å². The number of rotatable bonds is 5. The van der Waals surface area contributed by atoms with Gasteiger partial charge in [0.15, 0.2) is 23.3 Å². The molecular weight excluding hydrogens is 739 g/mol. The number of hydrogen-bond acceptors (Lipinski definition) is 8. The van der Waals surface area contributed by atoms with E-state index >= 15 is 0 Å². The second-order valence-electron chi connectivity index (χ2n) is 14.0. The summed E-state index contributed by atoms with van der Waals surface area (Å²) in [4.78, 5) is 26.0. The Morgan fingerprint density at radius 1 is 0.368 bits per heavy atom. The second-order valence-corrected chi connectivity index (χ2v) is 16.1. The molecular formula is C49H27N5OS2. The Hall–Kier alpha value is -7.13. The lowest BCUT2D eigenvalue weighted by atomic mass is 10.0. The van der Waals surface area contributed by atoms with Gasteiger partial charge >= 0.3 is 0 Å². The van der Waals surface area contributed by atoms with Crippen LogP contribution in [0.15, 0.2) is 168 Å². The van der Waals surface area contributed by atoms with Crippen molar-refractivity contribution in [1.82, 2.24) is 24.9 Å². The van der Waals surface area contributed by atoms with Crippen LogP contribution in [0.2, 0.25) is 0 Å². The average molecular weight is 766 g/mol. The summed E-state index contributed by atoms with van der Waals surface area (Å²) in [6.07, 6.45) is 0. The highest BCUT2D eigenvalue weighted by Gasteiger charge is 2.22. The number of para-hydroxylation sites is 1. The molecule has 0 amide bonds. The first-order chi connectivity index (χ1) is 28.2. The molecule has 5 aromatic heterocycles. The summed E-state index contributed by atoms with van der Waals surface area (Å²) >= 11 is 3.49. The van der Waals surface area contributed by atoms with Gasteiger partial charge in [-0.1, -0.05) is 127 Å². The molecule has 0 aliphatic heterocycles. The first-order valence-corrected chi connectivity index (χ1v) is 20.3. The van der Waals surface area contributed by atoms with Crippen molar-refractivity contribution in [1.29, 1.82) is 0 Å². The minimum absolute atomic E-state index is 0.582. The molecule has 12 aromatic rings. The van der Waals surface area contributed by atoms with Gasteiger partial charge < -0.3 is 4.42 Å². The van der Waals surface area contributed by atoms with Gasteiger partial charge in [-0.05, 0) is 36.4 Å². The van der Waals surface area contributed by atoms with E-state index in [1.807, 2.05) is 60.7 Å². The summed E-state index contributed by atoms with van der Waals surface area (Å²) in [5.74, 6) is 2.50. The predicted octanol–water partition coefficient (Wildman–Crippen LogP) is 13.6. The van der Waals surface area contributed by atoms with E-state index in [-0.39, 0.29) is 0 Å². The Balaban J connectivity index is 1.07. The first-order valence-electron chi connectivity index (χ1n) is 18.7. The highest BCUT2D eigenvalue weighted by molar-refractivity contribution is 7.26. The largest absolute Gasteiger partial charge is 0.456 e. The van der Waals surface area contributed by atoms with E-state index in [0.717, 1.165) is 91.2 Å². The van der Waals surface area contributed by atoms with Crippen molar-refractivity contribution in [3.8, 4) is 56.8 Å². The third kappa shape index (κ3) is 5.19. The molecule has 0 radical (unpaired) electrons. The molecule has 0 bridgehead atoms. The second kappa shape index (κ2) is 12.7. The zero-order valence-corrected chi connectivity index (χ0v) is 31.7. The summed E-state index contributed by atoms with van der Waals surface area (Å²) in [6, 6.07) is 56.2. The highest BCUT2D eigenvalue weighted by atomic mass is 32.1. The van der Waals surface area contributed by atoms with E-state index in [1.165, 1.54) is 4.70 Å². The number of hydrogen-bond donors (Lipinski definition) is 0. The third-order valence-electron chi connectivity index (χ3n) is 10.6. The maximum absolute atomic E-state index is 6.28. The van der Waals surface area contributed by atoms with Crippen molar-refractivity contribution >= 4 is 85.1 Å². The maximum Gasteiger partial charge on any atom is 0.165 e. The Labute approximate surface area is 333 Å². The number of fused-ring (bicyclic) bond motifs is 9. The Morgan fingerprint density at radius 2 is 0.982 bits per heavy atom. The van der Waals surface area contributed by atoms with E-state index in [0.29, 0.717) is 23.3 Å². The van der Waals surface area contributed by atoms with Crippen molar-refractivity contribution in [3.05, 3.63) is 164 Å². The van der Waals surface area contributed by atoms with Crippen molar-refractivity contribution in [2.24, 2.45) is 0 Å². The number of furan rings is 1. The predicted molar refractivity (Wildman–Crippen MR) is 236 cm³/mol. The fraction of sp³-hybridized carbons (Fsp3) is 0. The molecule has 0 saturated carbocycles. The van der Waals surface area contributed by atoms with Crippen molar-refractivity contribution in [3.63, 3.8) is 0 Å². The van der Waals surface area contributed by atoms with Crippen LogP contribution in [0, 0.1) is 0 Å². The molecule has 8 heteroatoms. The van der Waals surface area contributed by atoms with E-state index in [1.54, 1.807) is 22.7 Å². The van der Waals surface area contributed by atoms with Crippen LogP contribution in [0.5, 0.6) is 0 Å². The van der Waals surface area contributed by atoms with Crippen molar-refractivity contribution in [2.75, 3.05) is 0 Å². The average Bonchev–Trinajstić information content (AvgIpc) is 3.97. The standard InChI is InChI=1S/C49H27N5OS2/c1-3-13-28(14-4-1)42-45-43(33-18-8-10-23-39(33)56-45)51-48(50-42)35-20-12-24-40-41(35)34-19-11-21-36(44(34)57-40)49-53-46(29-15-5-2-6-16-29)52-47(54-49)30-25-26-32-31-17-7-9-22-37(31)55-38(32)27-30/h1-27H. The summed E-state index contributed by atoms with van der Waals surface area (Å²) in [7, 11) is 0. The number of aromatic nitrogens is 5. The first kappa shape index (κ1) is 32.1. The normalized spacial score (nSPS) is 11.9. The van der Waals surface area contributed by atoms with Crippen LogP contribution >= 0.6 is 22.7 Å². The van der Waals surface area contributed by atoms with Gasteiger partial charge in [0.2, 0.25) is 0 Å². The van der Waals surface area contributed by atoms with Gasteiger partial charge in [-0.15, -0.1) is 22.7 Å². The SMILES string of the molecule is c1ccc(-c2nc(-c3ccc4c(c3)oc3ccccc34)nc(-c3cccc4c3sc3cccc(-c5nc(-c6ccccc6)c6sc7ccccc7c6n5)c34)n2)cc1. The van der Waals surface area contributed by atoms with Gasteiger partial charge in [-0.2, -0.15) is 0 Å². The molecule has 0 spiro atoms. The molecule has 57 heavy (non-hydrogen) atoms. The Kier molecular flexibility index (Phi) is 7.17. The Bertz CT molecular complexity index is 3540. The summed E-state index contributed by atoms with van der Waals surface area (Å²) in [5.41, 5.74) is 8.35. The highest BCUT2D eigenvalue weighted by Crippen LogP contribution is 2.45. The molecule has 5 heterocycles. The molecule has 0 unspecified atom stereocenters. The zero-order valence-electron chi connectivity index (χ0n) is 30.0. The van der Waals surface area contributed by atoms with Crippen molar-refractivity contribution in [2.45, 2.75) is 0 Å². The van der Waals surface area contributed by atoms with Crippen LogP contribution in [0.4, 0.5) is 0 Å². The summed E-state index contributed by atoms with van der Waals surface area (Å²) < 4.78 is 10.8. The topological polar surface area (TPSA) is 77.6 Å². The van der Waals surface area contributed by atoms with Gasteiger partial charge in [-0.3, -0.25) is 0 Å².